The van der Waals surface area contributed by atoms with Gasteiger partial charge < -0.3 is 14.2 Å². The molecular weight excluding hydrogens is 306 g/mol. The standard InChI is InChI=1S/C18H23N3O3/c1-4-24-17(23)11-21-15-8-6-5-7-14(15)19-18(21)13-9-16(22)20(10-13)12(2)3/h5-8,12-13H,4,9-11H2,1-3H3/t13-/m0/s1. The zero-order valence-corrected chi connectivity index (χ0v) is 14.4. The van der Waals surface area contributed by atoms with Gasteiger partial charge in [-0.15, -0.1) is 0 Å². The molecule has 6 heteroatoms. The first-order chi connectivity index (χ1) is 11.5. The van der Waals surface area contributed by atoms with Gasteiger partial charge in [0.15, 0.2) is 0 Å². The summed E-state index contributed by atoms with van der Waals surface area (Å²) in [5, 5.41) is 0. The lowest BCUT2D eigenvalue weighted by Crippen LogP contribution is -2.32. The first kappa shape index (κ1) is 16.5. The molecule has 2 aromatic rings. The van der Waals surface area contributed by atoms with Crippen molar-refractivity contribution in [3.05, 3.63) is 30.1 Å². The van der Waals surface area contributed by atoms with Crippen LogP contribution in [0.4, 0.5) is 0 Å². The number of fused-ring (bicyclic) bond motifs is 1. The fourth-order valence-electron chi connectivity index (χ4n) is 3.31. The monoisotopic (exact) mass is 329 g/mol. The summed E-state index contributed by atoms with van der Waals surface area (Å²) >= 11 is 0. The van der Waals surface area contributed by atoms with Crippen molar-refractivity contribution in [2.24, 2.45) is 0 Å². The molecule has 2 heterocycles. The highest BCUT2D eigenvalue weighted by molar-refractivity contribution is 5.82. The van der Waals surface area contributed by atoms with Crippen LogP contribution in [0, 0.1) is 0 Å². The SMILES string of the molecule is CCOC(=O)Cn1c([C@H]2CC(=O)N(C(C)C)C2)nc2ccccc21. The van der Waals surface area contributed by atoms with E-state index in [1.54, 1.807) is 6.92 Å². The molecular formula is C18H23N3O3. The predicted octanol–water partition coefficient (Wildman–Crippen LogP) is 2.32. The molecule has 6 nitrogen and oxygen atoms in total. The molecule has 24 heavy (non-hydrogen) atoms. The number of aromatic nitrogens is 2. The number of para-hydroxylation sites is 2. The van der Waals surface area contributed by atoms with Crippen molar-refractivity contribution in [3.63, 3.8) is 0 Å². The minimum Gasteiger partial charge on any atom is -0.465 e. The molecule has 128 valence electrons. The van der Waals surface area contributed by atoms with Crippen LogP contribution in [0.25, 0.3) is 11.0 Å². The molecule has 1 fully saturated rings. The molecule has 1 aromatic carbocycles. The van der Waals surface area contributed by atoms with E-state index in [0.717, 1.165) is 16.9 Å². The Labute approximate surface area is 141 Å². The number of ether oxygens (including phenoxy) is 1. The summed E-state index contributed by atoms with van der Waals surface area (Å²) in [5.41, 5.74) is 1.74. The zero-order chi connectivity index (χ0) is 17.3. The Balaban J connectivity index is 1.98. The lowest BCUT2D eigenvalue weighted by atomic mass is 10.1. The Morgan fingerprint density at radius 3 is 2.79 bits per heavy atom. The van der Waals surface area contributed by atoms with Gasteiger partial charge in [-0.1, -0.05) is 12.1 Å². The highest BCUT2D eigenvalue weighted by Crippen LogP contribution is 2.31. The molecule has 1 amide bonds. The Morgan fingerprint density at radius 2 is 2.12 bits per heavy atom. The number of benzene rings is 1. The topological polar surface area (TPSA) is 64.4 Å². The van der Waals surface area contributed by atoms with Crippen LogP contribution in [-0.2, 0) is 20.9 Å². The molecule has 0 bridgehead atoms. The minimum absolute atomic E-state index is 0.00160. The molecule has 3 rings (SSSR count). The van der Waals surface area contributed by atoms with Gasteiger partial charge in [-0.3, -0.25) is 9.59 Å². The van der Waals surface area contributed by atoms with Gasteiger partial charge in [-0.05, 0) is 32.9 Å². The van der Waals surface area contributed by atoms with E-state index in [1.807, 2.05) is 47.6 Å². The van der Waals surface area contributed by atoms with Gasteiger partial charge in [0.05, 0.1) is 17.6 Å². The van der Waals surface area contributed by atoms with Crippen molar-refractivity contribution in [1.82, 2.24) is 14.5 Å². The summed E-state index contributed by atoms with van der Waals surface area (Å²) in [4.78, 5) is 30.8. The van der Waals surface area contributed by atoms with Crippen molar-refractivity contribution in [1.29, 1.82) is 0 Å². The third kappa shape index (κ3) is 3.00. The number of imidazole rings is 1. The minimum atomic E-state index is -0.285. The number of nitrogens with zero attached hydrogens (tertiary/aromatic N) is 3. The summed E-state index contributed by atoms with van der Waals surface area (Å²) in [5.74, 6) is 0.652. The van der Waals surface area contributed by atoms with Crippen LogP contribution in [0.15, 0.2) is 24.3 Å². The van der Waals surface area contributed by atoms with Gasteiger partial charge in [0.1, 0.15) is 12.4 Å². The Morgan fingerprint density at radius 1 is 1.38 bits per heavy atom. The third-order valence-corrected chi connectivity index (χ3v) is 4.42. The van der Waals surface area contributed by atoms with Crippen molar-refractivity contribution in [3.8, 4) is 0 Å². The predicted molar refractivity (Wildman–Crippen MR) is 90.6 cm³/mol. The molecule has 0 aliphatic carbocycles. The lowest BCUT2D eigenvalue weighted by Gasteiger charge is -2.21. The molecule has 1 saturated heterocycles. The molecule has 0 unspecified atom stereocenters. The maximum atomic E-state index is 12.2. The van der Waals surface area contributed by atoms with Crippen LogP contribution >= 0.6 is 0 Å². The van der Waals surface area contributed by atoms with Crippen LogP contribution in [-0.4, -0.2) is 45.5 Å². The number of likely N-dealkylation sites (tertiary alicyclic amines) is 1. The molecule has 1 aliphatic rings. The quantitative estimate of drug-likeness (QED) is 0.790. The Bertz CT molecular complexity index is 766. The van der Waals surface area contributed by atoms with E-state index >= 15 is 0 Å². The second kappa shape index (κ2) is 6.63. The molecule has 0 saturated carbocycles. The second-order valence-corrected chi connectivity index (χ2v) is 6.39. The zero-order valence-electron chi connectivity index (χ0n) is 14.4. The van der Waals surface area contributed by atoms with Gasteiger partial charge in [-0.2, -0.15) is 0 Å². The molecule has 1 atom stereocenters. The van der Waals surface area contributed by atoms with E-state index in [0.29, 0.717) is 19.6 Å². The van der Waals surface area contributed by atoms with Crippen LogP contribution in [0.2, 0.25) is 0 Å². The van der Waals surface area contributed by atoms with E-state index in [2.05, 4.69) is 0 Å². The van der Waals surface area contributed by atoms with Crippen LogP contribution < -0.4 is 0 Å². The summed E-state index contributed by atoms with van der Waals surface area (Å²) in [7, 11) is 0. The average molecular weight is 329 g/mol. The summed E-state index contributed by atoms with van der Waals surface area (Å²) < 4.78 is 7.00. The number of rotatable bonds is 5. The molecule has 0 N–H and O–H groups in total. The van der Waals surface area contributed by atoms with Gasteiger partial charge in [-0.25, -0.2) is 4.98 Å². The highest BCUT2D eigenvalue weighted by Gasteiger charge is 2.35. The number of esters is 1. The largest absolute Gasteiger partial charge is 0.465 e. The Hall–Kier alpha value is -2.37. The molecule has 1 aliphatic heterocycles. The van der Waals surface area contributed by atoms with Gasteiger partial charge in [0.2, 0.25) is 5.91 Å². The van der Waals surface area contributed by atoms with Gasteiger partial charge in [0, 0.05) is 24.9 Å². The maximum Gasteiger partial charge on any atom is 0.326 e. The number of hydrogen-bond acceptors (Lipinski definition) is 4. The van der Waals surface area contributed by atoms with Crippen molar-refractivity contribution in [2.75, 3.05) is 13.2 Å². The molecule has 0 spiro atoms. The summed E-state index contributed by atoms with van der Waals surface area (Å²) in [6.45, 7) is 6.94. The molecule has 1 aromatic heterocycles. The van der Waals surface area contributed by atoms with Crippen molar-refractivity contribution >= 4 is 22.9 Å². The van der Waals surface area contributed by atoms with E-state index in [-0.39, 0.29) is 30.4 Å². The van der Waals surface area contributed by atoms with E-state index in [4.69, 9.17) is 9.72 Å². The van der Waals surface area contributed by atoms with Crippen LogP contribution in [0.3, 0.4) is 0 Å². The smallest absolute Gasteiger partial charge is 0.326 e. The number of hydrogen-bond donors (Lipinski definition) is 0. The highest BCUT2D eigenvalue weighted by atomic mass is 16.5. The van der Waals surface area contributed by atoms with Crippen molar-refractivity contribution in [2.45, 2.75) is 45.7 Å². The first-order valence-corrected chi connectivity index (χ1v) is 8.41. The second-order valence-electron chi connectivity index (χ2n) is 6.39. The number of amides is 1. The normalized spacial score (nSPS) is 17.9. The lowest BCUT2D eigenvalue weighted by molar-refractivity contribution is -0.143. The number of carbonyl (C=O) groups is 2. The van der Waals surface area contributed by atoms with Crippen LogP contribution in [0.5, 0.6) is 0 Å². The number of carbonyl (C=O) groups excluding carboxylic acids is 2. The van der Waals surface area contributed by atoms with E-state index in [1.165, 1.54) is 0 Å². The fraction of sp³-hybridized carbons (Fsp3) is 0.500. The van der Waals surface area contributed by atoms with Gasteiger partial charge in [0.25, 0.3) is 0 Å². The van der Waals surface area contributed by atoms with E-state index in [9.17, 15) is 9.59 Å². The third-order valence-electron chi connectivity index (χ3n) is 4.42. The first-order valence-electron chi connectivity index (χ1n) is 8.41. The van der Waals surface area contributed by atoms with Gasteiger partial charge >= 0.3 is 5.97 Å². The maximum absolute atomic E-state index is 12.2. The average Bonchev–Trinajstić information content (AvgIpc) is 3.09. The van der Waals surface area contributed by atoms with Crippen LogP contribution in [0.1, 0.15) is 38.9 Å². The summed E-state index contributed by atoms with van der Waals surface area (Å²) in [6.07, 6.45) is 0.435. The van der Waals surface area contributed by atoms with Crippen molar-refractivity contribution < 1.29 is 14.3 Å². The summed E-state index contributed by atoms with van der Waals surface area (Å²) in [6, 6.07) is 7.90. The molecule has 0 radical (unpaired) electrons. The fourth-order valence-corrected chi connectivity index (χ4v) is 3.31. The van der Waals surface area contributed by atoms with E-state index < -0.39 is 0 Å². The Kier molecular flexibility index (Phi) is 4.55.